The van der Waals surface area contributed by atoms with Gasteiger partial charge in [-0.25, -0.2) is 14.6 Å². The van der Waals surface area contributed by atoms with Crippen LogP contribution in [0.5, 0.6) is 0 Å². The zero-order chi connectivity index (χ0) is 14.6. The lowest BCUT2D eigenvalue weighted by Gasteiger charge is -2.18. The molecule has 0 spiro atoms. The molecule has 0 radical (unpaired) electrons. The van der Waals surface area contributed by atoms with E-state index in [1.807, 2.05) is 6.92 Å². The summed E-state index contributed by atoms with van der Waals surface area (Å²) in [5.74, 6) is 1.36. The average Bonchev–Trinajstić information content (AvgIpc) is 2.98. The van der Waals surface area contributed by atoms with Gasteiger partial charge in [-0.15, -0.1) is 11.3 Å². The molecule has 1 aliphatic carbocycles. The first-order valence-corrected chi connectivity index (χ1v) is 7.99. The van der Waals surface area contributed by atoms with Crippen molar-refractivity contribution in [2.75, 3.05) is 0 Å². The normalized spacial score (nSPS) is 18.1. The van der Waals surface area contributed by atoms with Crippen LogP contribution in [0.15, 0.2) is 17.2 Å². The van der Waals surface area contributed by atoms with Crippen LogP contribution in [-0.4, -0.2) is 19.7 Å². The first-order valence-electron chi connectivity index (χ1n) is 7.18. The highest BCUT2D eigenvalue weighted by Gasteiger charge is 2.24. The SMILES string of the molecule is Cc1cc(=O)n(-c2ncnc3sc4c(c23)CC(C)CC4)[nH]1. The number of H-pyrrole nitrogens is 1. The predicted molar refractivity (Wildman–Crippen MR) is 83.3 cm³/mol. The Morgan fingerprint density at radius 2 is 2.29 bits per heavy atom. The van der Waals surface area contributed by atoms with Gasteiger partial charge in [0.1, 0.15) is 11.2 Å². The minimum absolute atomic E-state index is 0.0729. The van der Waals surface area contributed by atoms with Crippen molar-refractivity contribution in [3.8, 4) is 5.82 Å². The highest BCUT2D eigenvalue weighted by Crippen LogP contribution is 2.38. The summed E-state index contributed by atoms with van der Waals surface area (Å²) in [6, 6.07) is 1.59. The van der Waals surface area contributed by atoms with Crippen LogP contribution >= 0.6 is 11.3 Å². The summed E-state index contributed by atoms with van der Waals surface area (Å²) >= 11 is 1.74. The molecule has 0 bridgehead atoms. The topological polar surface area (TPSA) is 63.6 Å². The van der Waals surface area contributed by atoms with Crippen molar-refractivity contribution in [3.05, 3.63) is 38.9 Å². The van der Waals surface area contributed by atoms with Crippen LogP contribution in [0, 0.1) is 12.8 Å². The summed E-state index contributed by atoms with van der Waals surface area (Å²) in [4.78, 5) is 23.3. The lowest BCUT2D eigenvalue weighted by molar-refractivity contribution is 0.508. The van der Waals surface area contributed by atoms with Gasteiger partial charge in [-0.05, 0) is 37.7 Å². The molecule has 3 aromatic rings. The maximum atomic E-state index is 12.1. The van der Waals surface area contributed by atoms with Crippen molar-refractivity contribution in [2.24, 2.45) is 5.92 Å². The van der Waals surface area contributed by atoms with Gasteiger partial charge in [-0.1, -0.05) is 6.92 Å². The van der Waals surface area contributed by atoms with Crippen LogP contribution in [-0.2, 0) is 12.8 Å². The van der Waals surface area contributed by atoms with Crippen LogP contribution in [0.1, 0.15) is 29.5 Å². The van der Waals surface area contributed by atoms with Crippen molar-refractivity contribution in [3.63, 3.8) is 0 Å². The number of rotatable bonds is 1. The summed E-state index contributed by atoms with van der Waals surface area (Å²) in [5, 5.41) is 4.13. The first kappa shape index (κ1) is 12.8. The smallest absolute Gasteiger partial charge is 0.272 e. The Morgan fingerprint density at radius 3 is 3.05 bits per heavy atom. The van der Waals surface area contributed by atoms with Crippen molar-refractivity contribution in [1.29, 1.82) is 0 Å². The lowest BCUT2D eigenvalue weighted by Crippen LogP contribution is -2.16. The quantitative estimate of drug-likeness (QED) is 0.751. The van der Waals surface area contributed by atoms with Crippen molar-refractivity contribution >= 4 is 21.6 Å². The van der Waals surface area contributed by atoms with E-state index in [-0.39, 0.29) is 5.56 Å². The number of nitrogens with one attached hydrogen (secondary N) is 1. The molecule has 0 saturated heterocycles. The number of fused-ring (bicyclic) bond motifs is 3. The molecule has 0 fully saturated rings. The van der Waals surface area contributed by atoms with Crippen molar-refractivity contribution in [2.45, 2.75) is 33.1 Å². The van der Waals surface area contributed by atoms with Crippen LogP contribution in [0.3, 0.4) is 0 Å². The molecule has 1 aliphatic rings. The fourth-order valence-corrected chi connectivity index (χ4v) is 4.28. The van der Waals surface area contributed by atoms with Gasteiger partial charge in [0, 0.05) is 16.6 Å². The van der Waals surface area contributed by atoms with Crippen molar-refractivity contribution < 1.29 is 0 Å². The Kier molecular flexibility index (Phi) is 2.75. The van der Waals surface area contributed by atoms with E-state index in [1.54, 1.807) is 23.7 Å². The van der Waals surface area contributed by atoms with Gasteiger partial charge >= 0.3 is 0 Å². The summed E-state index contributed by atoms with van der Waals surface area (Å²) < 4.78 is 1.53. The monoisotopic (exact) mass is 300 g/mol. The van der Waals surface area contributed by atoms with Gasteiger partial charge in [-0.3, -0.25) is 9.89 Å². The second kappa shape index (κ2) is 4.53. The molecule has 21 heavy (non-hydrogen) atoms. The predicted octanol–water partition coefficient (Wildman–Crippen LogP) is 2.60. The summed E-state index contributed by atoms with van der Waals surface area (Å²) in [6.07, 6.45) is 4.93. The maximum absolute atomic E-state index is 12.1. The maximum Gasteiger partial charge on any atom is 0.272 e. The van der Waals surface area contributed by atoms with Crippen LogP contribution in [0.25, 0.3) is 16.0 Å². The molecular formula is C15H16N4OS. The Morgan fingerprint density at radius 1 is 1.43 bits per heavy atom. The molecule has 0 amide bonds. The molecule has 108 valence electrons. The molecule has 0 aromatic carbocycles. The molecule has 0 aliphatic heterocycles. The third kappa shape index (κ3) is 1.93. The third-order valence-electron chi connectivity index (χ3n) is 4.13. The van der Waals surface area contributed by atoms with E-state index in [4.69, 9.17) is 0 Å². The van der Waals surface area contributed by atoms with E-state index in [9.17, 15) is 4.79 Å². The van der Waals surface area contributed by atoms with Gasteiger partial charge in [0.2, 0.25) is 0 Å². The lowest BCUT2D eigenvalue weighted by atomic mass is 9.88. The van der Waals surface area contributed by atoms with Gasteiger partial charge in [0.25, 0.3) is 5.56 Å². The number of hydrogen-bond donors (Lipinski definition) is 1. The molecule has 3 aromatic heterocycles. The second-order valence-corrected chi connectivity index (χ2v) is 6.93. The molecule has 1 atom stereocenters. The zero-order valence-corrected chi connectivity index (χ0v) is 12.8. The highest BCUT2D eigenvalue weighted by atomic mass is 32.1. The minimum Gasteiger partial charge on any atom is -0.294 e. The second-order valence-electron chi connectivity index (χ2n) is 5.84. The molecule has 1 N–H and O–H groups in total. The molecular weight excluding hydrogens is 284 g/mol. The number of hydrogen-bond acceptors (Lipinski definition) is 4. The van der Waals surface area contributed by atoms with E-state index in [0.717, 1.165) is 28.8 Å². The van der Waals surface area contributed by atoms with E-state index < -0.39 is 0 Å². The molecule has 6 heteroatoms. The van der Waals surface area contributed by atoms with E-state index in [1.165, 1.54) is 21.5 Å². The molecule has 4 rings (SSSR count). The third-order valence-corrected chi connectivity index (χ3v) is 5.33. The first-order chi connectivity index (χ1) is 10.1. The zero-order valence-electron chi connectivity index (χ0n) is 12.0. The van der Waals surface area contributed by atoms with E-state index in [2.05, 4.69) is 22.0 Å². The highest BCUT2D eigenvalue weighted by molar-refractivity contribution is 7.18. The Balaban J connectivity index is 2.04. The molecule has 3 heterocycles. The van der Waals surface area contributed by atoms with Crippen molar-refractivity contribution in [1.82, 2.24) is 19.7 Å². The average molecular weight is 300 g/mol. The number of aromatic amines is 1. The van der Waals surface area contributed by atoms with Crippen LogP contribution in [0.2, 0.25) is 0 Å². The van der Waals surface area contributed by atoms with Gasteiger partial charge in [-0.2, -0.15) is 0 Å². The summed E-state index contributed by atoms with van der Waals surface area (Å²) in [7, 11) is 0. The Bertz CT molecular complexity index is 889. The summed E-state index contributed by atoms with van der Waals surface area (Å²) in [5.41, 5.74) is 2.10. The van der Waals surface area contributed by atoms with Crippen LogP contribution < -0.4 is 5.56 Å². The number of nitrogens with zero attached hydrogens (tertiary/aromatic N) is 3. The fraction of sp³-hybridized carbons (Fsp3) is 0.400. The molecule has 5 nitrogen and oxygen atoms in total. The Hall–Kier alpha value is -1.95. The van der Waals surface area contributed by atoms with Gasteiger partial charge in [0.15, 0.2) is 5.82 Å². The van der Waals surface area contributed by atoms with Crippen LogP contribution in [0.4, 0.5) is 0 Å². The Labute approximate surface area is 125 Å². The van der Waals surface area contributed by atoms with Gasteiger partial charge < -0.3 is 0 Å². The van der Waals surface area contributed by atoms with Gasteiger partial charge in [0.05, 0.1) is 5.39 Å². The number of thiophene rings is 1. The summed E-state index contributed by atoms with van der Waals surface area (Å²) in [6.45, 7) is 4.16. The minimum atomic E-state index is -0.0729. The number of aryl methyl sites for hydroxylation is 2. The fourth-order valence-electron chi connectivity index (χ4n) is 3.11. The van der Waals surface area contributed by atoms with E-state index >= 15 is 0 Å². The molecule has 1 unspecified atom stereocenters. The number of aromatic nitrogens is 4. The largest absolute Gasteiger partial charge is 0.294 e. The standard InChI is InChI=1S/C15H16N4OS/c1-8-3-4-11-10(5-8)13-14(16-7-17-15(13)21-11)19-12(20)6-9(2)18-19/h6-8,18H,3-5H2,1-2H3. The van der Waals surface area contributed by atoms with E-state index in [0.29, 0.717) is 11.7 Å². The molecule has 0 saturated carbocycles.